The molecule has 1 aromatic rings. The standard InChI is InChI=1S/C11H16N2/c1-2-7-13-11(5-1)8-10-4-3-6-12-9-10/h3-4,6,9,11,13H,1-2,5,7-8H2/t11-/m1/s1. The molecule has 1 N–H and O–H groups in total. The van der Waals surface area contributed by atoms with Gasteiger partial charge in [-0.25, -0.2) is 0 Å². The molecule has 1 aromatic heterocycles. The van der Waals surface area contributed by atoms with Crippen LogP contribution in [0.4, 0.5) is 0 Å². The molecule has 0 saturated carbocycles. The molecule has 1 aliphatic rings. The third-order valence-corrected chi connectivity index (χ3v) is 2.62. The van der Waals surface area contributed by atoms with Crippen molar-refractivity contribution in [3.8, 4) is 0 Å². The first-order valence-electron chi connectivity index (χ1n) is 5.07. The Bertz CT molecular complexity index is 240. The molecule has 0 aliphatic carbocycles. The molecule has 2 heteroatoms. The van der Waals surface area contributed by atoms with Gasteiger partial charge in [0, 0.05) is 18.4 Å². The quantitative estimate of drug-likeness (QED) is 0.742. The second-order valence-corrected chi connectivity index (χ2v) is 3.71. The van der Waals surface area contributed by atoms with Gasteiger partial charge in [-0.2, -0.15) is 0 Å². The number of piperidine rings is 1. The van der Waals surface area contributed by atoms with E-state index in [4.69, 9.17) is 0 Å². The maximum Gasteiger partial charge on any atom is 0.0300 e. The highest BCUT2D eigenvalue weighted by Crippen LogP contribution is 2.11. The van der Waals surface area contributed by atoms with Crippen LogP contribution >= 0.6 is 0 Å². The zero-order valence-electron chi connectivity index (χ0n) is 7.87. The molecule has 1 saturated heterocycles. The summed E-state index contributed by atoms with van der Waals surface area (Å²) >= 11 is 0. The number of nitrogens with zero attached hydrogens (tertiary/aromatic N) is 1. The second-order valence-electron chi connectivity index (χ2n) is 3.71. The van der Waals surface area contributed by atoms with Crippen LogP contribution < -0.4 is 5.32 Å². The molecule has 0 spiro atoms. The molecule has 1 atom stereocenters. The number of rotatable bonds is 2. The second kappa shape index (κ2) is 4.38. The average Bonchev–Trinajstić information content (AvgIpc) is 2.21. The SMILES string of the molecule is c1cncc(C[C@H]2CCCCN2)c1. The Hall–Kier alpha value is -0.890. The minimum absolute atomic E-state index is 0.679. The lowest BCUT2D eigenvalue weighted by Gasteiger charge is -2.23. The molecule has 0 radical (unpaired) electrons. The number of hydrogen-bond donors (Lipinski definition) is 1. The number of pyridine rings is 1. The Labute approximate surface area is 79.4 Å². The molecule has 1 fully saturated rings. The van der Waals surface area contributed by atoms with Crippen LogP contribution in [0.2, 0.25) is 0 Å². The van der Waals surface area contributed by atoms with Crippen molar-refractivity contribution in [2.24, 2.45) is 0 Å². The lowest BCUT2D eigenvalue weighted by molar-refractivity contribution is 0.399. The molecule has 13 heavy (non-hydrogen) atoms. The maximum absolute atomic E-state index is 4.12. The first-order valence-corrected chi connectivity index (χ1v) is 5.07. The summed E-state index contributed by atoms with van der Waals surface area (Å²) in [6.45, 7) is 1.19. The maximum atomic E-state index is 4.12. The summed E-state index contributed by atoms with van der Waals surface area (Å²) in [5.41, 5.74) is 1.35. The van der Waals surface area contributed by atoms with Crippen molar-refractivity contribution in [1.29, 1.82) is 0 Å². The summed E-state index contributed by atoms with van der Waals surface area (Å²) in [7, 11) is 0. The van der Waals surface area contributed by atoms with Gasteiger partial charge in [-0.05, 0) is 37.4 Å². The molecule has 2 nitrogen and oxygen atoms in total. The van der Waals surface area contributed by atoms with E-state index in [9.17, 15) is 0 Å². The van der Waals surface area contributed by atoms with Crippen LogP contribution in [0.3, 0.4) is 0 Å². The van der Waals surface area contributed by atoms with Crippen LogP contribution in [0.1, 0.15) is 24.8 Å². The predicted octanol–water partition coefficient (Wildman–Crippen LogP) is 1.77. The van der Waals surface area contributed by atoms with Crippen molar-refractivity contribution in [3.05, 3.63) is 30.1 Å². The molecule has 1 aliphatic heterocycles. The van der Waals surface area contributed by atoms with Gasteiger partial charge in [0.05, 0.1) is 0 Å². The first-order chi connectivity index (χ1) is 6.45. The largest absolute Gasteiger partial charge is 0.314 e. The van der Waals surface area contributed by atoms with E-state index < -0.39 is 0 Å². The van der Waals surface area contributed by atoms with Crippen molar-refractivity contribution >= 4 is 0 Å². The van der Waals surface area contributed by atoms with Crippen LogP contribution in [0.5, 0.6) is 0 Å². The molecular formula is C11H16N2. The van der Waals surface area contributed by atoms with Crippen molar-refractivity contribution in [1.82, 2.24) is 10.3 Å². The number of aromatic nitrogens is 1. The van der Waals surface area contributed by atoms with E-state index in [1.807, 2.05) is 18.5 Å². The van der Waals surface area contributed by atoms with Crippen molar-refractivity contribution in [2.45, 2.75) is 31.7 Å². The van der Waals surface area contributed by atoms with Crippen LogP contribution in [0.25, 0.3) is 0 Å². The first kappa shape index (κ1) is 8.70. The zero-order chi connectivity index (χ0) is 8.93. The molecule has 2 rings (SSSR count). The van der Waals surface area contributed by atoms with E-state index >= 15 is 0 Å². The smallest absolute Gasteiger partial charge is 0.0300 e. The Balaban J connectivity index is 1.90. The third kappa shape index (κ3) is 2.52. The summed E-state index contributed by atoms with van der Waals surface area (Å²) in [6.07, 6.45) is 8.96. The summed E-state index contributed by atoms with van der Waals surface area (Å²) in [4.78, 5) is 4.12. The van der Waals surface area contributed by atoms with Gasteiger partial charge in [0.2, 0.25) is 0 Å². The van der Waals surface area contributed by atoms with Crippen molar-refractivity contribution in [2.75, 3.05) is 6.54 Å². The summed E-state index contributed by atoms with van der Waals surface area (Å²) in [5.74, 6) is 0. The zero-order valence-corrected chi connectivity index (χ0v) is 7.87. The fourth-order valence-corrected chi connectivity index (χ4v) is 1.90. The Morgan fingerprint density at radius 2 is 2.46 bits per heavy atom. The van der Waals surface area contributed by atoms with E-state index in [0.717, 1.165) is 6.42 Å². The van der Waals surface area contributed by atoms with Gasteiger partial charge in [-0.1, -0.05) is 12.5 Å². The molecule has 70 valence electrons. The van der Waals surface area contributed by atoms with Crippen LogP contribution in [0.15, 0.2) is 24.5 Å². The minimum Gasteiger partial charge on any atom is -0.314 e. The normalized spacial score (nSPS) is 22.9. The van der Waals surface area contributed by atoms with E-state index in [0.29, 0.717) is 6.04 Å². The van der Waals surface area contributed by atoms with Crippen molar-refractivity contribution in [3.63, 3.8) is 0 Å². The van der Waals surface area contributed by atoms with Gasteiger partial charge in [-0.3, -0.25) is 4.98 Å². The Morgan fingerprint density at radius 1 is 1.46 bits per heavy atom. The van der Waals surface area contributed by atoms with Gasteiger partial charge < -0.3 is 5.32 Å². The van der Waals surface area contributed by atoms with Gasteiger partial charge in [0.25, 0.3) is 0 Å². The fourth-order valence-electron chi connectivity index (χ4n) is 1.90. The summed E-state index contributed by atoms with van der Waals surface area (Å²) in [6, 6.07) is 4.85. The Kier molecular flexibility index (Phi) is 2.93. The highest BCUT2D eigenvalue weighted by atomic mass is 14.9. The van der Waals surface area contributed by atoms with E-state index in [1.165, 1.54) is 31.4 Å². The highest BCUT2D eigenvalue weighted by molar-refractivity contribution is 5.10. The molecule has 0 unspecified atom stereocenters. The molecular weight excluding hydrogens is 160 g/mol. The van der Waals surface area contributed by atoms with Crippen LogP contribution in [-0.2, 0) is 6.42 Å². The number of hydrogen-bond acceptors (Lipinski definition) is 2. The summed E-state index contributed by atoms with van der Waals surface area (Å²) < 4.78 is 0. The fraction of sp³-hybridized carbons (Fsp3) is 0.545. The van der Waals surface area contributed by atoms with Gasteiger partial charge in [0.15, 0.2) is 0 Å². The molecule has 0 aromatic carbocycles. The molecule has 0 bridgehead atoms. The lowest BCUT2D eigenvalue weighted by Crippen LogP contribution is -2.35. The van der Waals surface area contributed by atoms with Gasteiger partial charge in [-0.15, -0.1) is 0 Å². The van der Waals surface area contributed by atoms with E-state index in [1.54, 1.807) is 0 Å². The predicted molar refractivity (Wildman–Crippen MR) is 53.6 cm³/mol. The monoisotopic (exact) mass is 176 g/mol. The lowest BCUT2D eigenvalue weighted by atomic mass is 9.99. The van der Waals surface area contributed by atoms with Gasteiger partial charge in [0.1, 0.15) is 0 Å². The van der Waals surface area contributed by atoms with Crippen LogP contribution in [-0.4, -0.2) is 17.6 Å². The third-order valence-electron chi connectivity index (χ3n) is 2.62. The van der Waals surface area contributed by atoms with Crippen LogP contribution in [0, 0.1) is 0 Å². The van der Waals surface area contributed by atoms with E-state index in [2.05, 4.69) is 16.4 Å². The summed E-state index contributed by atoms with van der Waals surface area (Å²) in [5, 5.41) is 3.54. The minimum atomic E-state index is 0.679. The molecule has 2 heterocycles. The average molecular weight is 176 g/mol. The van der Waals surface area contributed by atoms with Gasteiger partial charge >= 0.3 is 0 Å². The topological polar surface area (TPSA) is 24.9 Å². The van der Waals surface area contributed by atoms with Crippen molar-refractivity contribution < 1.29 is 0 Å². The molecule has 0 amide bonds. The number of nitrogens with one attached hydrogen (secondary N) is 1. The Morgan fingerprint density at radius 3 is 3.15 bits per heavy atom. The highest BCUT2D eigenvalue weighted by Gasteiger charge is 2.12. The van der Waals surface area contributed by atoms with E-state index in [-0.39, 0.29) is 0 Å².